The Labute approximate surface area is 122 Å². The molecule has 2 amide bonds. The van der Waals surface area contributed by atoms with Gasteiger partial charge in [-0.15, -0.1) is 11.8 Å². The van der Waals surface area contributed by atoms with E-state index in [9.17, 15) is 9.59 Å². The maximum atomic E-state index is 12.1. The van der Waals surface area contributed by atoms with Crippen LogP contribution in [0.3, 0.4) is 0 Å². The Hall–Kier alpha value is -1.49. The fourth-order valence-corrected chi connectivity index (χ4v) is 3.76. The van der Waals surface area contributed by atoms with Crippen molar-refractivity contribution in [3.05, 3.63) is 35.4 Å². The van der Waals surface area contributed by atoms with Gasteiger partial charge in [-0.3, -0.25) is 9.59 Å². The fraction of sp³-hybridized carbons (Fsp3) is 0.467. The van der Waals surface area contributed by atoms with Crippen molar-refractivity contribution in [3.8, 4) is 0 Å². The number of nitrogens with one attached hydrogen (secondary N) is 1. The Balaban J connectivity index is 1.63. The number of fused-ring (bicyclic) bond motifs is 1. The summed E-state index contributed by atoms with van der Waals surface area (Å²) in [6.07, 6.45) is 3.16. The molecule has 20 heavy (non-hydrogen) atoms. The van der Waals surface area contributed by atoms with Gasteiger partial charge in [0.15, 0.2) is 0 Å². The second-order valence-corrected chi connectivity index (χ2v) is 6.24. The largest absolute Gasteiger partial charge is 0.348 e. The van der Waals surface area contributed by atoms with Gasteiger partial charge in [0.1, 0.15) is 6.54 Å². The van der Waals surface area contributed by atoms with Crippen molar-refractivity contribution in [2.24, 2.45) is 0 Å². The third-order valence-corrected chi connectivity index (χ3v) is 4.81. The van der Waals surface area contributed by atoms with Gasteiger partial charge in [-0.2, -0.15) is 0 Å². The molecule has 0 spiro atoms. The van der Waals surface area contributed by atoms with E-state index in [0.29, 0.717) is 11.6 Å². The van der Waals surface area contributed by atoms with Gasteiger partial charge in [0, 0.05) is 0 Å². The van der Waals surface area contributed by atoms with E-state index in [1.807, 2.05) is 12.1 Å². The first-order chi connectivity index (χ1) is 9.74. The number of carbonyl (C=O) groups excluding carboxylic acids is 2. The van der Waals surface area contributed by atoms with Crippen LogP contribution in [0.4, 0.5) is 0 Å². The van der Waals surface area contributed by atoms with E-state index in [2.05, 4.69) is 17.4 Å². The smallest absolute Gasteiger partial charge is 0.240 e. The van der Waals surface area contributed by atoms with Crippen molar-refractivity contribution in [2.75, 3.05) is 18.2 Å². The molecule has 1 aromatic rings. The fourth-order valence-electron chi connectivity index (χ4n) is 2.86. The maximum absolute atomic E-state index is 12.1. The first-order valence-corrected chi connectivity index (χ1v) is 8.12. The van der Waals surface area contributed by atoms with E-state index in [1.54, 1.807) is 16.7 Å². The third kappa shape index (κ3) is 2.82. The van der Waals surface area contributed by atoms with Crippen LogP contribution in [0, 0.1) is 0 Å². The predicted octanol–water partition coefficient (Wildman–Crippen LogP) is 1.71. The van der Waals surface area contributed by atoms with Gasteiger partial charge in [-0.25, -0.2) is 0 Å². The molecule has 1 N–H and O–H groups in total. The van der Waals surface area contributed by atoms with Gasteiger partial charge in [-0.1, -0.05) is 24.3 Å². The summed E-state index contributed by atoms with van der Waals surface area (Å²) in [5.41, 5.74) is 2.56. The lowest BCUT2D eigenvalue weighted by Gasteiger charge is -2.27. The lowest BCUT2D eigenvalue weighted by molar-refractivity contribution is -0.132. The second-order valence-electron chi connectivity index (χ2n) is 5.28. The molecule has 1 saturated heterocycles. The number of carbonyl (C=O) groups is 2. The molecule has 0 bridgehead atoms. The molecule has 1 atom stereocenters. The van der Waals surface area contributed by atoms with Crippen molar-refractivity contribution in [2.45, 2.75) is 25.3 Å². The summed E-state index contributed by atoms with van der Waals surface area (Å²) in [5, 5.41) is 3.08. The van der Waals surface area contributed by atoms with Gasteiger partial charge in [0.2, 0.25) is 11.8 Å². The highest BCUT2D eigenvalue weighted by molar-refractivity contribution is 8.00. The topological polar surface area (TPSA) is 49.4 Å². The molecule has 2 aliphatic rings. The van der Waals surface area contributed by atoms with Crippen molar-refractivity contribution >= 4 is 23.6 Å². The molecule has 1 aliphatic heterocycles. The molecule has 0 saturated carbocycles. The average Bonchev–Trinajstić information content (AvgIpc) is 2.85. The van der Waals surface area contributed by atoms with Gasteiger partial charge >= 0.3 is 0 Å². The number of benzene rings is 1. The summed E-state index contributed by atoms with van der Waals surface area (Å²) in [6, 6.07) is 8.38. The number of hydrogen-bond acceptors (Lipinski definition) is 3. The lowest BCUT2D eigenvalue weighted by atomic mass is 9.88. The molecule has 1 fully saturated rings. The molecular weight excluding hydrogens is 272 g/mol. The number of aryl methyl sites for hydroxylation is 1. The van der Waals surface area contributed by atoms with Gasteiger partial charge < -0.3 is 10.2 Å². The molecule has 0 aromatic heterocycles. The van der Waals surface area contributed by atoms with Gasteiger partial charge in [0.25, 0.3) is 0 Å². The summed E-state index contributed by atoms with van der Waals surface area (Å²) in [5.74, 6) is 1.14. The molecule has 5 heteroatoms. The molecule has 1 aliphatic carbocycles. The van der Waals surface area contributed by atoms with Crippen molar-refractivity contribution < 1.29 is 9.59 Å². The minimum atomic E-state index is -0.0532. The number of rotatable bonds is 3. The third-order valence-electron chi connectivity index (χ3n) is 3.86. The zero-order chi connectivity index (χ0) is 13.9. The lowest BCUT2D eigenvalue weighted by Crippen LogP contribution is -2.40. The van der Waals surface area contributed by atoms with Crippen LogP contribution in [-0.4, -0.2) is 34.9 Å². The Kier molecular flexibility index (Phi) is 3.96. The normalized spacial score (nSPS) is 21.7. The molecule has 1 heterocycles. The predicted molar refractivity (Wildman–Crippen MR) is 79.3 cm³/mol. The average molecular weight is 290 g/mol. The Bertz CT molecular complexity index is 532. The highest BCUT2D eigenvalue weighted by Gasteiger charge is 2.25. The molecule has 0 unspecified atom stereocenters. The maximum Gasteiger partial charge on any atom is 0.240 e. The van der Waals surface area contributed by atoms with Gasteiger partial charge in [-0.05, 0) is 30.4 Å². The molecule has 3 rings (SSSR count). The van der Waals surface area contributed by atoms with Crippen LogP contribution >= 0.6 is 11.8 Å². The van der Waals surface area contributed by atoms with Crippen LogP contribution in [-0.2, 0) is 16.0 Å². The van der Waals surface area contributed by atoms with E-state index < -0.39 is 0 Å². The molecule has 1 aromatic carbocycles. The summed E-state index contributed by atoms with van der Waals surface area (Å²) in [7, 11) is 0. The quantitative estimate of drug-likeness (QED) is 0.922. The van der Waals surface area contributed by atoms with E-state index in [0.717, 1.165) is 19.3 Å². The van der Waals surface area contributed by atoms with Crippen LogP contribution in [0.5, 0.6) is 0 Å². The number of nitrogens with zero attached hydrogens (tertiary/aromatic N) is 1. The van der Waals surface area contributed by atoms with Crippen LogP contribution in [0.2, 0.25) is 0 Å². The minimum Gasteiger partial charge on any atom is -0.348 e. The Morgan fingerprint density at radius 3 is 3.05 bits per heavy atom. The number of hydrogen-bond donors (Lipinski definition) is 1. The van der Waals surface area contributed by atoms with E-state index in [1.165, 1.54) is 11.1 Å². The zero-order valence-corrected chi connectivity index (χ0v) is 12.1. The van der Waals surface area contributed by atoms with Gasteiger partial charge in [0.05, 0.1) is 17.7 Å². The van der Waals surface area contributed by atoms with Crippen LogP contribution in [0.25, 0.3) is 0 Å². The first-order valence-electron chi connectivity index (χ1n) is 6.97. The Morgan fingerprint density at radius 1 is 1.40 bits per heavy atom. The van der Waals surface area contributed by atoms with Crippen molar-refractivity contribution in [1.29, 1.82) is 0 Å². The molecule has 4 nitrogen and oxygen atoms in total. The molecular formula is C15H18N2O2S. The number of thioether (sulfide) groups is 1. The van der Waals surface area contributed by atoms with E-state index in [-0.39, 0.29) is 24.4 Å². The summed E-state index contributed by atoms with van der Waals surface area (Å²) < 4.78 is 0. The van der Waals surface area contributed by atoms with E-state index in [4.69, 9.17) is 0 Å². The van der Waals surface area contributed by atoms with Crippen LogP contribution in [0.1, 0.15) is 30.0 Å². The molecule has 0 radical (unpaired) electrons. The van der Waals surface area contributed by atoms with Crippen LogP contribution < -0.4 is 5.32 Å². The second kappa shape index (κ2) is 5.87. The first kappa shape index (κ1) is 13.5. The highest BCUT2D eigenvalue weighted by atomic mass is 32.2. The SMILES string of the molecule is O=C(CN1CSCC1=O)N[C@@H]1CCCc2ccccc21. The van der Waals surface area contributed by atoms with E-state index >= 15 is 0 Å². The van der Waals surface area contributed by atoms with Crippen molar-refractivity contribution in [1.82, 2.24) is 10.2 Å². The summed E-state index contributed by atoms with van der Waals surface area (Å²) >= 11 is 1.56. The monoisotopic (exact) mass is 290 g/mol. The summed E-state index contributed by atoms with van der Waals surface area (Å²) in [6.45, 7) is 0.185. The number of amides is 2. The minimum absolute atomic E-state index is 0.0532. The summed E-state index contributed by atoms with van der Waals surface area (Å²) in [4.78, 5) is 25.3. The Morgan fingerprint density at radius 2 is 2.25 bits per heavy atom. The molecule has 106 valence electrons. The highest BCUT2D eigenvalue weighted by Crippen LogP contribution is 2.29. The van der Waals surface area contributed by atoms with Crippen molar-refractivity contribution in [3.63, 3.8) is 0 Å². The standard InChI is InChI=1S/C15H18N2O2S/c18-14(8-17-10-20-9-15(17)19)16-13-7-3-5-11-4-1-2-6-12(11)13/h1-2,4,6,13H,3,5,7-10H2,(H,16,18)/t13-/m1/s1. The zero-order valence-electron chi connectivity index (χ0n) is 11.3. The van der Waals surface area contributed by atoms with Crippen LogP contribution in [0.15, 0.2) is 24.3 Å².